The number of morpholine rings is 1. The predicted octanol–water partition coefficient (Wildman–Crippen LogP) is 0.561. The molecule has 0 bridgehead atoms. The quantitative estimate of drug-likeness (QED) is 0.827. The van der Waals surface area contributed by atoms with Crippen molar-refractivity contribution in [3.8, 4) is 0 Å². The van der Waals surface area contributed by atoms with Crippen molar-refractivity contribution >= 4 is 11.8 Å². The van der Waals surface area contributed by atoms with Gasteiger partial charge in [0.2, 0.25) is 0 Å². The number of ether oxygens (including phenoxy) is 1. The van der Waals surface area contributed by atoms with Crippen LogP contribution in [0.2, 0.25) is 0 Å². The second-order valence-corrected chi connectivity index (χ2v) is 6.44. The summed E-state index contributed by atoms with van der Waals surface area (Å²) in [5.74, 6) is -0.154. The first-order valence-electron chi connectivity index (χ1n) is 8.02. The van der Waals surface area contributed by atoms with Gasteiger partial charge in [-0.3, -0.25) is 9.59 Å². The normalized spacial score (nSPS) is 22.0. The molecule has 1 unspecified atom stereocenters. The van der Waals surface area contributed by atoms with Crippen molar-refractivity contribution in [3.63, 3.8) is 0 Å². The highest BCUT2D eigenvalue weighted by atomic mass is 16.5. The highest BCUT2D eigenvalue weighted by molar-refractivity contribution is 5.95. The molecule has 2 heterocycles. The zero-order valence-electron chi connectivity index (χ0n) is 13.4. The van der Waals surface area contributed by atoms with E-state index >= 15 is 0 Å². The van der Waals surface area contributed by atoms with Crippen LogP contribution in [-0.4, -0.2) is 67.6 Å². The van der Waals surface area contributed by atoms with E-state index in [0.717, 1.165) is 25.9 Å². The second-order valence-electron chi connectivity index (χ2n) is 6.44. The number of hydrogen-bond acceptors (Lipinski definition) is 5. The van der Waals surface area contributed by atoms with Gasteiger partial charge in [0.25, 0.3) is 11.8 Å². The number of likely N-dealkylation sites (N-methyl/N-ethyl adjacent to an activating group) is 1. The summed E-state index contributed by atoms with van der Waals surface area (Å²) in [7, 11) is 2.05. The molecule has 2 aliphatic rings. The highest BCUT2D eigenvalue weighted by Crippen LogP contribution is 2.30. The fourth-order valence-corrected chi connectivity index (χ4v) is 2.82. The lowest BCUT2D eigenvalue weighted by Gasteiger charge is -2.33. The van der Waals surface area contributed by atoms with Crippen LogP contribution in [0.25, 0.3) is 0 Å². The number of hydrogen-bond donors (Lipinski definition) is 1. The second kappa shape index (κ2) is 6.72. The molecule has 0 spiro atoms. The standard InChI is InChI=1S/C16H23N3O4/c1-18-6-7-22-12(9-18)10-19(8-11-2-3-11)16(21)14-5-4-13(23-14)15(17)20/h4-5,11-12H,2-3,6-10H2,1H3,(H2,17,20). The van der Waals surface area contributed by atoms with Crippen molar-refractivity contribution in [1.82, 2.24) is 9.80 Å². The molecular formula is C16H23N3O4. The Morgan fingerprint density at radius 2 is 2.04 bits per heavy atom. The van der Waals surface area contributed by atoms with E-state index in [1.807, 2.05) is 7.05 Å². The first-order valence-corrected chi connectivity index (χ1v) is 8.02. The van der Waals surface area contributed by atoms with Crippen molar-refractivity contribution in [2.75, 3.05) is 39.8 Å². The third-order valence-electron chi connectivity index (χ3n) is 4.29. The third-order valence-corrected chi connectivity index (χ3v) is 4.29. The summed E-state index contributed by atoms with van der Waals surface area (Å²) < 4.78 is 11.1. The van der Waals surface area contributed by atoms with Crippen molar-refractivity contribution in [1.29, 1.82) is 0 Å². The number of carbonyl (C=O) groups is 2. The molecule has 23 heavy (non-hydrogen) atoms. The molecule has 1 saturated carbocycles. The third kappa shape index (κ3) is 4.11. The Balaban J connectivity index is 1.69. The Labute approximate surface area is 135 Å². The van der Waals surface area contributed by atoms with Gasteiger partial charge in [0.1, 0.15) is 0 Å². The average Bonchev–Trinajstić information content (AvgIpc) is 3.18. The average molecular weight is 321 g/mol. The molecule has 1 saturated heterocycles. The summed E-state index contributed by atoms with van der Waals surface area (Å²) in [6.45, 7) is 3.63. The Hall–Kier alpha value is -1.86. The van der Waals surface area contributed by atoms with Gasteiger partial charge < -0.3 is 24.7 Å². The monoisotopic (exact) mass is 321 g/mol. The summed E-state index contributed by atoms with van der Waals surface area (Å²) in [4.78, 5) is 27.8. The van der Waals surface area contributed by atoms with Crippen molar-refractivity contribution in [3.05, 3.63) is 23.7 Å². The Kier molecular flexibility index (Phi) is 4.68. The molecule has 1 aliphatic carbocycles. The van der Waals surface area contributed by atoms with E-state index in [4.69, 9.17) is 14.9 Å². The first kappa shape index (κ1) is 16.0. The molecule has 0 radical (unpaired) electrons. The Morgan fingerprint density at radius 3 is 2.65 bits per heavy atom. The van der Waals surface area contributed by atoms with E-state index in [0.29, 0.717) is 25.6 Å². The summed E-state index contributed by atoms with van der Waals surface area (Å²) in [5, 5.41) is 0. The molecule has 7 nitrogen and oxygen atoms in total. The molecule has 2 amide bonds. The van der Waals surface area contributed by atoms with E-state index in [9.17, 15) is 9.59 Å². The van der Waals surface area contributed by atoms with Crippen LogP contribution >= 0.6 is 0 Å². The zero-order valence-corrected chi connectivity index (χ0v) is 13.4. The topological polar surface area (TPSA) is 89.0 Å². The van der Waals surface area contributed by atoms with Gasteiger partial charge >= 0.3 is 0 Å². The fourth-order valence-electron chi connectivity index (χ4n) is 2.82. The highest BCUT2D eigenvalue weighted by Gasteiger charge is 2.31. The molecule has 1 aromatic heterocycles. The van der Waals surface area contributed by atoms with Gasteiger partial charge in [0, 0.05) is 26.2 Å². The SMILES string of the molecule is CN1CCOC(CN(CC2CC2)C(=O)c2ccc(C(N)=O)o2)C1. The van der Waals surface area contributed by atoms with Gasteiger partial charge in [0.05, 0.1) is 12.7 Å². The van der Waals surface area contributed by atoms with E-state index in [1.165, 1.54) is 12.1 Å². The molecule has 7 heteroatoms. The molecule has 2 N–H and O–H groups in total. The summed E-state index contributed by atoms with van der Waals surface area (Å²) >= 11 is 0. The van der Waals surface area contributed by atoms with E-state index in [2.05, 4.69) is 4.90 Å². The van der Waals surface area contributed by atoms with E-state index in [-0.39, 0.29) is 23.5 Å². The molecular weight excluding hydrogens is 298 g/mol. The number of rotatable bonds is 6. The van der Waals surface area contributed by atoms with Crippen LogP contribution in [0.5, 0.6) is 0 Å². The summed E-state index contributed by atoms with van der Waals surface area (Å²) in [5.41, 5.74) is 5.18. The largest absolute Gasteiger partial charge is 0.446 e. The lowest BCUT2D eigenvalue weighted by Crippen LogP contribution is -2.48. The van der Waals surface area contributed by atoms with Crippen molar-refractivity contribution in [2.45, 2.75) is 18.9 Å². The molecule has 0 aromatic carbocycles. The maximum absolute atomic E-state index is 12.7. The number of furan rings is 1. The van der Waals surface area contributed by atoms with Crippen LogP contribution in [0.4, 0.5) is 0 Å². The van der Waals surface area contributed by atoms with Gasteiger partial charge in [-0.25, -0.2) is 0 Å². The van der Waals surface area contributed by atoms with Crippen LogP contribution in [0.3, 0.4) is 0 Å². The predicted molar refractivity (Wildman–Crippen MR) is 83.1 cm³/mol. The van der Waals surface area contributed by atoms with E-state index in [1.54, 1.807) is 4.90 Å². The van der Waals surface area contributed by atoms with Gasteiger partial charge in [-0.05, 0) is 37.9 Å². The molecule has 126 valence electrons. The Morgan fingerprint density at radius 1 is 1.30 bits per heavy atom. The number of carbonyl (C=O) groups excluding carboxylic acids is 2. The summed E-state index contributed by atoms with van der Waals surface area (Å²) in [6.07, 6.45) is 2.31. The van der Waals surface area contributed by atoms with Gasteiger partial charge in [-0.15, -0.1) is 0 Å². The fraction of sp³-hybridized carbons (Fsp3) is 0.625. The molecule has 1 aliphatic heterocycles. The zero-order chi connectivity index (χ0) is 16.4. The number of nitrogens with zero attached hydrogens (tertiary/aromatic N) is 2. The number of primary amides is 1. The minimum Gasteiger partial charge on any atom is -0.446 e. The van der Waals surface area contributed by atoms with Crippen LogP contribution in [0, 0.1) is 5.92 Å². The maximum Gasteiger partial charge on any atom is 0.289 e. The van der Waals surface area contributed by atoms with Crippen LogP contribution < -0.4 is 5.73 Å². The lowest BCUT2D eigenvalue weighted by atomic mass is 10.2. The molecule has 1 aromatic rings. The van der Waals surface area contributed by atoms with Gasteiger partial charge in [-0.1, -0.05) is 0 Å². The van der Waals surface area contributed by atoms with Crippen LogP contribution in [-0.2, 0) is 4.74 Å². The van der Waals surface area contributed by atoms with Crippen molar-refractivity contribution < 1.29 is 18.7 Å². The number of amides is 2. The smallest absolute Gasteiger partial charge is 0.289 e. The van der Waals surface area contributed by atoms with Crippen LogP contribution in [0.1, 0.15) is 34.0 Å². The molecule has 1 atom stereocenters. The van der Waals surface area contributed by atoms with E-state index < -0.39 is 5.91 Å². The lowest BCUT2D eigenvalue weighted by molar-refractivity contribution is -0.0334. The van der Waals surface area contributed by atoms with Crippen LogP contribution in [0.15, 0.2) is 16.5 Å². The minimum absolute atomic E-state index is 0.00187. The molecule has 3 rings (SSSR count). The number of nitrogens with two attached hydrogens (primary N) is 1. The first-order chi connectivity index (χ1) is 11.0. The van der Waals surface area contributed by atoms with Crippen molar-refractivity contribution in [2.24, 2.45) is 11.7 Å². The molecule has 2 fully saturated rings. The Bertz CT molecular complexity index is 582. The summed E-state index contributed by atoms with van der Waals surface area (Å²) in [6, 6.07) is 2.95. The minimum atomic E-state index is -0.671. The van der Waals surface area contributed by atoms with Gasteiger partial charge in [-0.2, -0.15) is 0 Å². The van der Waals surface area contributed by atoms with Gasteiger partial charge in [0.15, 0.2) is 11.5 Å². The maximum atomic E-state index is 12.7.